The molecule has 0 fully saturated rings. The van der Waals surface area contributed by atoms with Gasteiger partial charge < -0.3 is 33.8 Å². The van der Waals surface area contributed by atoms with Gasteiger partial charge in [-0.05, 0) is 122 Å². The summed E-state index contributed by atoms with van der Waals surface area (Å²) >= 11 is 0. The van der Waals surface area contributed by atoms with Crippen molar-refractivity contribution in [2.75, 3.05) is 39.6 Å². The van der Waals surface area contributed by atoms with Gasteiger partial charge in [-0.3, -0.25) is 37.3 Å². The molecule has 0 aliphatic rings. The molecule has 0 bridgehead atoms. The predicted molar refractivity (Wildman–Crippen MR) is 390 cm³/mol. The second kappa shape index (κ2) is 69.0. The Hall–Kier alpha value is -4.54. The van der Waals surface area contributed by atoms with E-state index in [0.29, 0.717) is 32.1 Å². The van der Waals surface area contributed by atoms with Crippen molar-refractivity contribution in [2.24, 2.45) is 0 Å². The molecule has 3 N–H and O–H groups in total. The molecule has 5 unspecified atom stereocenters. The Balaban J connectivity index is 5.41. The zero-order valence-electron chi connectivity index (χ0n) is 59.8. The first kappa shape index (κ1) is 91.5. The molecule has 19 heteroatoms. The fourth-order valence-electron chi connectivity index (χ4n) is 9.34. The number of hydrogen-bond donors (Lipinski definition) is 3. The number of phosphoric ester groups is 2. The molecule has 17 nitrogen and oxygen atoms in total. The molecule has 0 radical (unpaired) electrons. The van der Waals surface area contributed by atoms with Crippen molar-refractivity contribution in [1.29, 1.82) is 0 Å². The topological polar surface area (TPSA) is 237 Å². The monoisotopic (exact) mass is 1390 g/mol. The molecule has 0 heterocycles. The van der Waals surface area contributed by atoms with Gasteiger partial charge in [0.15, 0.2) is 12.2 Å². The Kier molecular flexibility index (Phi) is 65.7. The molecule has 0 aliphatic carbocycles. The van der Waals surface area contributed by atoms with Gasteiger partial charge in [0, 0.05) is 25.7 Å². The average molecular weight is 1390 g/mol. The fourth-order valence-corrected chi connectivity index (χ4v) is 10.9. The number of aliphatic hydroxyl groups excluding tert-OH is 1. The molecule has 5 atom stereocenters. The van der Waals surface area contributed by atoms with Crippen LogP contribution in [0.15, 0.2) is 122 Å². The first-order valence-corrected chi connectivity index (χ1v) is 39.8. The van der Waals surface area contributed by atoms with E-state index in [0.717, 1.165) is 148 Å². The van der Waals surface area contributed by atoms with Crippen LogP contribution in [0, 0.1) is 0 Å². The maximum atomic E-state index is 13.1. The van der Waals surface area contributed by atoms with Crippen molar-refractivity contribution in [2.45, 2.75) is 303 Å². The van der Waals surface area contributed by atoms with E-state index >= 15 is 0 Å². The van der Waals surface area contributed by atoms with Crippen LogP contribution in [0.4, 0.5) is 0 Å². The molecule has 0 amide bonds. The van der Waals surface area contributed by atoms with Gasteiger partial charge in [0.05, 0.1) is 26.4 Å². The van der Waals surface area contributed by atoms with Gasteiger partial charge in [-0.15, -0.1) is 0 Å². The molecular formula is C77H130O17P2. The second-order valence-corrected chi connectivity index (χ2v) is 27.0. The largest absolute Gasteiger partial charge is 0.472 e. The molecule has 0 aromatic heterocycles. The zero-order valence-corrected chi connectivity index (χ0v) is 61.5. The average Bonchev–Trinajstić information content (AvgIpc) is 1.85. The van der Waals surface area contributed by atoms with Gasteiger partial charge >= 0.3 is 39.5 Å². The Bertz CT molecular complexity index is 2300. The van der Waals surface area contributed by atoms with E-state index in [4.69, 9.17) is 37.0 Å². The smallest absolute Gasteiger partial charge is 0.462 e. The van der Waals surface area contributed by atoms with Crippen molar-refractivity contribution in [3.63, 3.8) is 0 Å². The minimum absolute atomic E-state index is 0.0521. The summed E-state index contributed by atoms with van der Waals surface area (Å²) < 4.78 is 68.2. The summed E-state index contributed by atoms with van der Waals surface area (Å²) in [4.78, 5) is 72.6. The van der Waals surface area contributed by atoms with E-state index in [1.165, 1.54) is 51.4 Å². The summed E-state index contributed by atoms with van der Waals surface area (Å²) in [6.07, 6.45) is 73.6. The van der Waals surface area contributed by atoms with Crippen LogP contribution in [0.3, 0.4) is 0 Å². The molecule has 0 spiro atoms. The molecule has 0 saturated heterocycles. The van der Waals surface area contributed by atoms with Crippen molar-refractivity contribution < 1.29 is 80.2 Å². The molecule has 0 aromatic carbocycles. The third-order valence-corrected chi connectivity index (χ3v) is 16.8. The maximum Gasteiger partial charge on any atom is 0.472 e. The lowest BCUT2D eigenvalue weighted by Crippen LogP contribution is -2.30. The summed E-state index contributed by atoms with van der Waals surface area (Å²) in [7, 11) is -9.97. The van der Waals surface area contributed by atoms with Gasteiger partial charge in [-0.25, -0.2) is 9.13 Å². The minimum Gasteiger partial charge on any atom is -0.462 e. The lowest BCUT2D eigenvalue weighted by Gasteiger charge is -2.21. The van der Waals surface area contributed by atoms with Crippen LogP contribution in [0.5, 0.6) is 0 Å². The van der Waals surface area contributed by atoms with Crippen molar-refractivity contribution in [3.8, 4) is 0 Å². The highest BCUT2D eigenvalue weighted by molar-refractivity contribution is 7.47. The minimum atomic E-state index is -4.99. The Morgan fingerprint density at radius 1 is 0.302 bits per heavy atom. The van der Waals surface area contributed by atoms with E-state index in [9.17, 15) is 43.2 Å². The van der Waals surface area contributed by atoms with Crippen LogP contribution < -0.4 is 0 Å². The number of carbonyl (C=O) groups is 4. The maximum absolute atomic E-state index is 13.1. The van der Waals surface area contributed by atoms with Gasteiger partial charge in [-0.1, -0.05) is 258 Å². The number of ether oxygens (including phenoxy) is 4. The third-order valence-electron chi connectivity index (χ3n) is 14.9. The highest BCUT2D eigenvalue weighted by Gasteiger charge is 2.30. The summed E-state index contributed by atoms with van der Waals surface area (Å²) in [5, 5.41) is 10.6. The predicted octanol–water partition coefficient (Wildman–Crippen LogP) is 20.8. The van der Waals surface area contributed by atoms with Crippen LogP contribution in [0.25, 0.3) is 0 Å². The summed E-state index contributed by atoms with van der Waals surface area (Å²) in [5.41, 5.74) is 0. The number of aliphatic hydroxyl groups is 1. The highest BCUT2D eigenvalue weighted by Crippen LogP contribution is 2.45. The number of esters is 4. The fraction of sp³-hybridized carbons (Fsp3) is 0.688. The number of phosphoric acid groups is 2. The number of hydrogen-bond acceptors (Lipinski definition) is 15. The Labute approximate surface area is 581 Å². The van der Waals surface area contributed by atoms with E-state index in [2.05, 4.69) is 137 Å². The molecular weight excluding hydrogens is 1260 g/mol. The molecule has 550 valence electrons. The molecule has 0 rings (SSSR count). The van der Waals surface area contributed by atoms with Crippen LogP contribution in [-0.2, 0) is 65.4 Å². The lowest BCUT2D eigenvalue weighted by molar-refractivity contribution is -0.161. The van der Waals surface area contributed by atoms with Crippen LogP contribution in [0.1, 0.15) is 285 Å². The molecule has 0 aromatic rings. The quantitative estimate of drug-likeness (QED) is 0.0169. The summed E-state index contributed by atoms with van der Waals surface area (Å²) in [6, 6.07) is 0. The van der Waals surface area contributed by atoms with Crippen molar-refractivity contribution >= 4 is 39.5 Å². The van der Waals surface area contributed by atoms with E-state index < -0.39 is 97.5 Å². The SMILES string of the molecule is CC/C=C\C/C=C\C/C=C\C/C=C\C/C=C\CCCC(=O)OCC(COP(=O)(O)OCC(O)COP(=O)(O)OCC(COC(=O)CCCCCCC/C=C\CCCC)OC(=O)CCCCCCCCCCCCC)OC(=O)CCCCCC/C=C\C/C=C\C/C=C\C/C=C\CC. The molecule has 0 aliphatic heterocycles. The Morgan fingerprint density at radius 3 is 0.917 bits per heavy atom. The molecule has 96 heavy (non-hydrogen) atoms. The number of unbranched alkanes of at least 4 members (excludes halogenated alkanes) is 22. The summed E-state index contributed by atoms with van der Waals surface area (Å²) in [5.74, 6) is -2.28. The second-order valence-electron chi connectivity index (χ2n) is 24.1. The van der Waals surface area contributed by atoms with Crippen molar-refractivity contribution in [3.05, 3.63) is 122 Å². The van der Waals surface area contributed by atoms with Gasteiger partial charge in [0.2, 0.25) is 0 Å². The van der Waals surface area contributed by atoms with Gasteiger partial charge in [0.25, 0.3) is 0 Å². The lowest BCUT2D eigenvalue weighted by atomic mass is 10.1. The van der Waals surface area contributed by atoms with Crippen LogP contribution >= 0.6 is 15.6 Å². The van der Waals surface area contributed by atoms with Crippen molar-refractivity contribution in [1.82, 2.24) is 0 Å². The van der Waals surface area contributed by atoms with E-state index in [1.54, 1.807) is 0 Å². The van der Waals surface area contributed by atoms with E-state index in [1.807, 2.05) is 12.2 Å². The summed E-state index contributed by atoms with van der Waals surface area (Å²) in [6.45, 7) is 4.48. The zero-order chi connectivity index (χ0) is 70.4. The third kappa shape index (κ3) is 68.0. The number of rotatable bonds is 68. The van der Waals surface area contributed by atoms with Crippen LogP contribution in [-0.4, -0.2) is 96.7 Å². The van der Waals surface area contributed by atoms with E-state index in [-0.39, 0.29) is 25.7 Å². The molecule has 0 saturated carbocycles. The Morgan fingerprint density at radius 2 is 0.562 bits per heavy atom. The first-order chi connectivity index (χ1) is 46.7. The number of allylic oxidation sites excluding steroid dienone is 20. The number of carbonyl (C=O) groups excluding carboxylic acids is 4. The van der Waals surface area contributed by atoms with Gasteiger partial charge in [0.1, 0.15) is 19.3 Å². The normalized spacial score (nSPS) is 14.7. The standard InChI is InChI=1S/C77H130O17P2/c1-5-9-13-17-21-25-29-31-33-35-37-39-43-46-50-54-58-62-75(80)88-68-73(94-77(82)64-60-56-52-48-44-40-38-36-34-32-30-26-22-18-14-10-6-2)70-92-96(85,86)90-66-71(78)65-89-95(83,84)91-69-72(93-76(81)63-59-55-51-47-42-28-24-20-16-12-8-4)67-87-74(79)61-57-53-49-45-41-27-23-19-15-11-7-3/h9-10,13-14,19,21-23,25-26,31-34,37-40,46,50,71-73,78H,5-8,11-12,15-18,20,24,27-30,35-36,41-45,47-49,51-70H2,1-4H3,(H,83,84)(H,85,86)/b13-9-,14-10-,23-19-,25-21-,26-22-,33-31-,34-32-,39-37-,40-38-,50-46-. The van der Waals surface area contributed by atoms with Crippen LogP contribution in [0.2, 0.25) is 0 Å². The van der Waals surface area contributed by atoms with Gasteiger partial charge in [-0.2, -0.15) is 0 Å². The first-order valence-electron chi connectivity index (χ1n) is 36.8. The highest BCUT2D eigenvalue weighted by atomic mass is 31.2.